The third-order valence-electron chi connectivity index (χ3n) is 2.71. The number of nitrogen functional groups attached to an aromatic ring is 1. The van der Waals surface area contributed by atoms with Crippen LogP contribution in [0.5, 0.6) is 0 Å². The second-order valence-corrected chi connectivity index (χ2v) is 4.75. The minimum atomic E-state index is -0.481. The lowest BCUT2D eigenvalue weighted by molar-refractivity contribution is 0.123. The fourth-order valence-electron chi connectivity index (χ4n) is 1.63. The van der Waals surface area contributed by atoms with Crippen molar-refractivity contribution in [2.24, 2.45) is 0 Å². The van der Waals surface area contributed by atoms with E-state index in [1.165, 1.54) is 0 Å². The lowest BCUT2D eigenvalue weighted by Crippen LogP contribution is -2.31. The number of aliphatic hydroxyl groups is 1. The summed E-state index contributed by atoms with van der Waals surface area (Å²) in [4.78, 5) is 4.25. The summed E-state index contributed by atoms with van der Waals surface area (Å²) in [6.45, 7) is 2.55. The van der Waals surface area contributed by atoms with E-state index in [1.807, 2.05) is 45.4 Å². The normalized spacial score (nSPS) is 13.3. The molecule has 4 nitrogen and oxygen atoms in total. The Bertz CT molecular complexity index is 341. The van der Waals surface area contributed by atoms with Gasteiger partial charge in [0.15, 0.2) is 0 Å². The molecule has 17 heavy (non-hydrogen) atoms. The maximum Gasteiger partial charge on any atom is 0.0917 e. The molecule has 3 N–H and O–H groups in total. The Hall–Kier alpha value is -1.10. The van der Waals surface area contributed by atoms with Gasteiger partial charge in [-0.25, -0.2) is 0 Å². The van der Waals surface area contributed by atoms with Gasteiger partial charge in [0.05, 0.1) is 6.10 Å². The Balaban J connectivity index is 2.45. The molecule has 1 atom stereocenters. The van der Waals surface area contributed by atoms with Crippen LogP contribution in [0.4, 0.5) is 5.69 Å². The highest BCUT2D eigenvalue weighted by molar-refractivity contribution is 5.41. The van der Waals surface area contributed by atoms with Crippen molar-refractivity contribution < 1.29 is 5.11 Å². The average Bonchev–Trinajstić information content (AvgIpc) is 2.26. The predicted molar refractivity (Wildman–Crippen MR) is 71.9 cm³/mol. The fraction of sp³-hybridized carbons (Fsp3) is 0.538. The maximum absolute atomic E-state index is 10.1. The summed E-state index contributed by atoms with van der Waals surface area (Å²) in [5.74, 6) is 0. The van der Waals surface area contributed by atoms with Crippen molar-refractivity contribution in [3.63, 3.8) is 0 Å². The summed E-state index contributed by atoms with van der Waals surface area (Å²) in [7, 11) is 6.10. The fourth-order valence-corrected chi connectivity index (χ4v) is 1.63. The minimum absolute atomic E-state index is 0.481. The van der Waals surface area contributed by atoms with Crippen molar-refractivity contribution in [2.75, 3.05) is 46.5 Å². The topological polar surface area (TPSA) is 52.7 Å². The summed E-state index contributed by atoms with van der Waals surface area (Å²) >= 11 is 0. The summed E-state index contributed by atoms with van der Waals surface area (Å²) < 4.78 is 0. The first-order valence-corrected chi connectivity index (χ1v) is 5.86. The van der Waals surface area contributed by atoms with E-state index in [2.05, 4.69) is 9.80 Å². The van der Waals surface area contributed by atoms with E-state index in [-0.39, 0.29) is 0 Å². The Morgan fingerprint density at radius 3 is 2.53 bits per heavy atom. The number of nitrogens with zero attached hydrogens (tertiary/aromatic N) is 2. The van der Waals surface area contributed by atoms with Crippen molar-refractivity contribution in [1.29, 1.82) is 0 Å². The van der Waals surface area contributed by atoms with Gasteiger partial charge < -0.3 is 20.6 Å². The van der Waals surface area contributed by atoms with E-state index in [4.69, 9.17) is 5.73 Å². The highest BCUT2D eigenvalue weighted by Crippen LogP contribution is 2.16. The number of likely N-dealkylation sites (N-methyl/N-ethyl adjacent to an activating group) is 2. The molecule has 0 aliphatic heterocycles. The first-order valence-electron chi connectivity index (χ1n) is 5.86. The van der Waals surface area contributed by atoms with Gasteiger partial charge in [0, 0.05) is 25.3 Å². The highest BCUT2D eigenvalue weighted by atomic mass is 16.3. The van der Waals surface area contributed by atoms with Crippen LogP contribution >= 0.6 is 0 Å². The summed E-state index contributed by atoms with van der Waals surface area (Å²) in [5.41, 5.74) is 7.26. The van der Waals surface area contributed by atoms with Gasteiger partial charge in [0.2, 0.25) is 0 Å². The second kappa shape index (κ2) is 6.59. The average molecular weight is 237 g/mol. The van der Waals surface area contributed by atoms with Crippen molar-refractivity contribution in [3.05, 3.63) is 29.8 Å². The molecule has 1 aromatic carbocycles. The molecule has 0 aromatic heterocycles. The molecule has 0 aliphatic rings. The molecule has 0 saturated heterocycles. The highest BCUT2D eigenvalue weighted by Gasteiger charge is 2.10. The zero-order valence-corrected chi connectivity index (χ0v) is 10.9. The monoisotopic (exact) mass is 237 g/mol. The van der Waals surface area contributed by atoms with E-state index in [9.17, 15) is 5.11 Å². The smallest absolute Gasteiger partial charge is 0.0917 e. The largest absolute Gasteiger partial charge is 0.399 e. The maximum atomic E-state index is 10.1. The molecule has 4 heteroatoms. The van der Waals surface area contributed by atoms with Gasteiger partial charge in [-0.1, -0.05) is 12.1 Å². The molecule has 0 heterocycles. The zero-order valence-electron chi connectivity index (χ0n) is 10.9. The standard InChI is InChI=1S/C13H23N3O/c1-15(2)7-8-16(3)10-13(17)11-5-4-6-12(14)9-11/h4-6,9,13,17H,7-8,10,14H2,1-3H3. The van der Waals surface area contributed by atoms with E-state index >= 15 is 0 Å². The molecule has 1 unspecified atom stereocenters. The van der Waals surface area contributed by atoms with E-state index in [0.29, 0.717) is 12.2 Å². The van der Waals surface area contributed by atoms with Crippen LogP contribution in [0, 0.1) is 0 Å². The molecule has 1 rings (SSSR count). The molecule has 0 radical (unpaired) electrons. The van der Waals surface area contributed by atoms with E-state index < -0.39 is 6.10 Å². The minimum Gasteiger partial charge on any atom is -0.399 e. The molecular weight excluding hydrogens is 214 g/mol. The molecule has 1 aromatic rings. The molecule has 0 saturated carbocycles. The van der Waals surface area contributed by atoms with Crippen LogP contribution in [-0.2, 0) is 0 Å². The van der Waals surface area contributed by atoms with Gasteiger partial charge in [-0.2, -0.15) is 0 Å². The number of anilines is 1. The Morgan fingerprint density at radius 1 is 1.24 bits per heavy atom. The van der Waals surface area contributed by atoms with Crippen molar-refractivity contribution in [3.8, 4) is 0 Å². The molecule has 0 spiro atoms. The molecule has 0 amide bonds. The van der Waals surface area contributed by atoms with Crippen LogP contribution in [0.3, 0.4) is 0 Å². The molecule has 0 bridgehead atoms. The van der Waals surface area contributed by atoms with Crippen molar-refractivity contribution in [1.82, 2.24) is 9.80 Å². The third kappa shape index (κ3) is 5.17. The van der Waals surface area contributed by atoms with Crippen LogP contribution in [-0.4, -0.2) is 55.7 Å². The molecule has 0 fully saturated rings. The van der Waals surface area contributed by atoms with Crippen LogP contribution in [0.15, 0.2) is 24.3 Å². The first-order chi connectivity index (χ1) is 7.99. The first kappa shape index (κ1) is 14.0. The van der Waals surface area contributed by atoms with Gasteiger partial charge in [-0.3, -0.25) is 0 Å². The number of hydrogen-bond acceptors (Lipinski definition) is 4. The molecule has 0 aliphatic carbocycles. The number of aliphatic hydroxyl groups excluding tert-OH is 1. The van der Waals surface area contributed by atoms with Crippen LogP contribution in [0.1, 0.15) is 11.7 Å². The number of benzene rings is 1. The van der Waals surface area contributed by atoms with Crippen LogP contribution in [0.25, 0.3) is 0 Å². The van der Waals surface area contributed by atoms with Gasteiger partial charge in [0.25, 0.3) is 0 Å². The molecular formula is C13H23N3O. The SMILES string of the molecule is CN(C)CCN(C)CC(O)c1cccc(N)c1. The second-order valence-electron chi connectivity index (χ2n) is 4.75. The lowest BCUT2D eigenvalue weighted by atomic mass is 10.1. The number of nitrogens with two attached hydrogens (primary N) is 1. The van der Waals surface area contributed by atoms with Crippen molar-refractivity contribution in [2.45, 2.75) is 6.10 Å². The quantitative estimate of drug-likeness (QED) is 0.719. The van der Waals surface area contributed by atoms with Crippen LogP contribution in [0.2, 0.25) is 0 Å². The summed E-state index contributed by atoms with van der Waals surface area (Å²) in [5, 5.41) is 10.1. The van der Waals surface area contributed by atoms with Crippen molar-refractivity contribution >= 4 is 5.69 Å². The van der Waals surface area contributed by atoms with E-state index in [1.54, 1.807) is 0 Å². The Morgan fingerprint density at radius 2 is 1.94 bits per heavy atom. The summed E-state index contributed by atoms with van der Waals surface area (Å²) in [6, 6.07) is 7.42. The number of rotatable bonds is 6. The lowest BCUT2D eigenvalue weighted by Gasteiger charge is -2.22. The zero-order chi connectivity index (χ0) is 12.8. The Labute approximate surface area is 104 Å². The number of hydrogen-bond donors (Lipinski definition) is 2. The Kier molecular flexibility index (Phi) is 5.41. The predicted octanol–water partition coefficient (Wildman–Crippen LogP) is 0.796. The van der Waals surface area contributed by atoms with Gasteiger partial charge in [0.1, 0.15) is 0 Å². The molecule has 96 valence electrons. The van der Waals surface area contributed by atoms with Gasteiger partial charge >= 0.3 is 0 Å². The van der Waals surface area contributed by atoms with Gasteiger partial charge in [-0.15, -0.1) is 0 Å². The van der Waals surface area contributed by atoms with Crippen LogP contribution < -0.4 is 5.73 Å². The van der Waals surface area contributed by atoms with Gasteiger partial charge in [-0.05, 0) is 38.8 Å². The van der Waals surface area contributed by atoms with E-state index in [0.717, 1.165) is 18.7 Å². The summed E-state index contributed by atoms with van der Waals surface area (Å²) in [6.07, 6.45) is -0.481. The third-order valence-corrected chi connectivity index (χ3v) is 2.71.